The summed E-state index contributed by atoms with van der Waals surface area (Å²) in [6, 6.07) is 8.32. The third-order valence-electron chi connectivity index (χ3n) is 3.32. The minimum absolute atomic E-state index is 0.403. The summed E-state index contributed by atoms with van der Waals surface area (Å²) in [5.41, 5.74) is -0.289. The molecule has 0 unspecified atom stereocenters. The Balaban J connectivity index is 2.34. The zero-order chi connectivity index (χ0) is 12.0. The second kappa shape index (κ2) is 3.20. The third-order valence-corrected chi connectivity index (χ3v) is 3.32. The maximum absolute atomic E-state index is 11.3. The van der Waals surface area contributed by atoms with Crippen LogP contribution in [0.15, 0.2) is 39.5 Å². The first kappa shape index (κ1) is 10.1. The Hall–Kier alpha value is -2.10. The molecule has 0 saturated heterocycles. The van der Waals surface area contributed by atoms with Crippen molar-refractivity contribution >= 4 is 16.9 Å². The predicted octanol–water partition coefficient (Wildman–Crippen LogP) is 1.91. The molecule has 0 bridgehead atoms. The highest BCUT2D eigenvalue weighted by atomic mass is 16.4. The van der Waals surface area contributed by atoms with Gasteiger partial charge in [-0.05, 0) is 18.9 Å². The molecule has 1 aliphatic carbocycles. The van der Waals surface area contributed by atoms with Crippen LogP contribution in [0.2, 0.25) is 0 Å². The van der Waals surface area contributed by atoms with Crippen LogP contribution >= 0.6 is 0 Å². The molecule has 0 spiro atoms. The molecule has 4 nitrogen and oxygen atoms in total. The molecule has 1 heterocycles. The van der Waals surface area contributed by atoms with Gasteiger partial charge in [0.05, 0.1) is 5.41 Å². The lowest BCUT2D eigenvalue weighted by Gasteiger charge is -2.11. The van der Waals surface area contributed by atoms with Crippen LogP contribution in [0.4, 0.5) is 0 Å². The Bertz CT molecular complexity index is 664. The Labute approximate surface area is 96.5 Å². The lowest BCUT2D eigenvalue weighted by molar-refractivity contribution is -0.140. The Morgan fingerprint density at radius 1 is 1.24 bits per heavy atom. The fourth-order valence-corrected chi connectivity index (χ4v) is 2.19. The van der Waals surface area contributed by atoms with Gasteiger partial charge in [0.15, 0.2) is 0 Å². The fourth-order valence-electron chi connectivity index (χ4n) is 2.19. The van der Waals surface area contributed by atoms with Crippen LogP contribution in [0, 0.1) is 0 Å². The minimum Gasteiger partial charge on any atom is -0.481 e. The van der Waals surface area contributed by atoms with Gasteiger partial charge in [0.1, 0.15) is 5.58 Å². The smallest absolute Gasteiger partial charge is 0.336 e. The van der Waals surface area contributed by atoms with Gasteiger partial charge >= 0.3 is 11.6 Å². The van der Waals surface area contributed by atoms with Crippen molar-refractivity contribution in [2.24, 2.45) is 0 Å². The quantitative estimate of drug-likeness (QED) is 0.800. The zero-order valence-corrected chi connectivity index (χ0v) is 8.97. The summed E-state index contributed by atoms with van der Waals surface area (Å²) in [7, 11) is 0. The van der Waals surface area contributed by atoms with Crippen molar-refractivity contribution in [1.29, 1.82) is 0 Å². The zero-order valence-electron chi connectivity index (χ0n) is 8.97. The normalized spacial score (nSPS) is 16.9. The second-order valence-electron chi connectivity index (χ2n) is 4.37. The van der Waals surface area contributed by atoms with Gasteiger partial charge < -0.3 is 9.52 Å². The van der Waals surface area contributed by atoms with Gasteiger partial charge in [-0.1, -0.05) is 18.2 Å². The lowest BCUT2D eigenvalue weighted by atomic mass is 9.94. The van der Waals surface area contributed by atoms with E-state index in [0.717, 1.165) is 5.39 Å². The van der Waals surface area contributed by atoms with Crippen LogP contribution in [0.3, 0.4) is 0 Å². The molecule has 17 heavy (non-hydrogen) atoms. The van der Waals surface area contributed by atoms with E-state index < -0.39 is 17.0 Å². The first-order chi connectivity index (χ1) is 8.13. The summed E-state index contributed by atoms with van der Waals surface area (Å²) in [5.74, 6) is -0.850. The fraction of sp³-hybridized carbons (Fsp3) is 0.231. The molecular formula is C13H10O4. The maximum Gasteiger partial charge on any atom is 0.336 e. The summed E-state index contributed by atoms with van der Waals surface area (Å²) < 4.78 is 5.15. The molecule has 0 atom stereocenters. The molecular weight excluding hydrogens is 220 g/mol. The maximum atomic E-state index is 11.3. The summed E-state index contributed by atoms with van der Waals surface area (Å²) in [4.78, 5) is 22.5. The predicted molar refractivity (Wildman–Crippen MR) is 61.0 cm³/mol. The topological polar surface area (TPSA) is 67.5 Å². The van der Waals surface area contributed by atoms with Gasteiger partial charge in [-0.25, -0.2) is 4.79 Å². The van der Waals surface area contributed by atoms with Crippen LogP contribution in [-0.4, -0.2) is 11.1 Å². The highest BCUT2D eigenvalue weighted by Crippen LogP contribution is 2.50. The number of aliphatic carboxylic acids is 1. The average molecular weight is 230 g/mol. The van der Waals surface area contributed by atoms with Crippen LogP contribution in [0.1, 0.15) is 18.4 Å². The molecule has 0 aliphatic heterocycles. The van der Waals surface area contributed by atoms with Crippen LogP contribution < -0.4 is 5.63 Å². The Morgan fingerprint density at radius 3 is 2.65 bits per heavy atom. The lowest BCUT2D eigenvalue weighted by Crippen LogP contribution is -2.20. The minimum atomic E-state index is -0.850. The SMILES string of the molecule is O=C(O)C1(c2cccc3ccc(=O)oc23)CC1. The second-order valence-corrected chi connectivity index (χ2v) is 4.37. The number of carboxylic acids is 1. The van der Waals surface area contributed by atoms with Crippen molar-refractivity contribution in [3.05, 3.63) is 46.3 Å². The number of para-hydroxylation sites is 1. The molecule has 1 N–H and O–H groups in total. The van der Waals surface area contributed by atoms with E-state index in [-0.39, 0.29) is 0 Å². The molecule has 4 heteroatoms. The molecule has 3 rings (SSSR count). The van der Waals surface area contributed by atoms with E-state index in [4.69, 9.17) is 4.42 Å². The van der Waals surface area contributed by atoms with E-state index >= 15 is 0 Å². The van der Waals surface area contributed by atoms with Crippen LogP contribution in [-0.2, 0) is 10.2 Å². The van der Waals surface area contributed by atoms with Gasteiger partial charge in [-0.2, -0.15) is 0 Å². The third kappa shape index (κ3) is 1.37. The summed E-state index contributed by atoms with van der Waals surface area (Å²) in [6.07, 6.45) is 1.19. The first-order valence-corrected chi connectivity index (χ1v) is 5.40. The van der Waals surface area contributed by atoms with Crippen LogP contribution in [0.25, 0.3) is 11.0 Å². The number of rotatable bonds is 2. The highest BCUT2D eigenvalue weighted by molar-refractivity contribution is 5.92. The highest BCUT2D eigenvalue weighted by Gasteiger charge is 2.53. The molecule has 1 saturated carbocycles. The number of carbonyl (C=O) groups is 1. The summed E-state index contributed by atoms with van der Waals surface area (Å²) in [6.45, 7) is 0. The van der Waals surface area contributed by atoms with Gasteiger partial charge in [0, 0.05) is 17.0 Å². The Kier molecular flexibility index (Phi) is 1.90. The van der Waals surface area contributed by atoms with Crippen molar-refractivity contribution in [1.82, 2.24) is 0 Å². The van der Waals surface area contributed by atoms with E-state index in [1.165, 1.54) is 6.07 Å². The van der Waals surface area contributed by atoms with Crippen molar-refractivity contribution in [2.75, 3.05) is 0 Å². The standard InChI is InChI=1S/C13H10O4/c14-10-5-4-8-2-1-3-9(11(8)17-10)13(6-7-13)12(15)16/h1-5H,6-7H2,(H,15,16). The first-order valence-electron chi connectivity index (χ1n) is 5.40. The van der Waals surface area contributed by atoms with E-state index in [1.54, 1.807) is 24.3 Å². The van der Waals surface area contributed by atoms with Crippen LogP contribution in [0.5, 0.6) is 0 Å². The monoisotopic (exact) mass is 230 g/mol. The van der Waals surface area contributed by atoms with Gasteiger partial charge in [-0.15, -0.1) is 0 Å². The molecule has 1 aliphatic rings. The number of hydrogen-bond acceptors (Lipinski definition) is 3. The number of fused-ring (bicyclic) bond motifs is 1. The van der Waals surface area contributed by atoms with Crippen molar-refractivity contribution < 1.29 is 14.3 Å². The van der Waals surface area contributed by atoms with Crippen molar-refractivity contribution in [3.63, 3.8) is 0 Å². The Morgan fingerprint density at radius 2 is 2.00 bits per heavy atom. The van der Waals surface area contributed by atoms with Gasteiger partial charge in [-0.3, -0.25) is 4.79 Å². The average Bonchev–Trinajstić information content (AvgIpc) is 3.09. The molecule has 1 fully saturated rings. The van der Waals surface area contributed by atoms with Gasteiger partial charge in [0.2, 0.25) is 0 Å². The summed E-state index contributed by atoms with van der Waals surface area (Å²) >= 11 is 0. The number of hydrogen-bond donors (Lipinski definition) is 1. The molecule has 86 valence electrons. The number of benzene rings is 1. The van der Waals surface area contributed by atoms with Gasteiger partial charge in [0.25, 0.3) is 0 Å². The van der Waals surface area contributed by atoms with Crippen molar-refractivity contribution in [3.8, 4) is 0 Å². The number of carboxylic acid groups (broad SMARTS) is 1. The van der Waals surface area contributed by atoms with E-state index in [2.05, 4.69) is 0 Å². The van der Waals surface area contributed by atoms with E-state index in [1.807, 2.05) is 0 Å². The molecule has 1 aromatic carbocycles. The van der Waals surface area contributed by atoms with E-state index in [9.17, 15) is 14.7 Å². The van der Waals surface area contributed by atoms with E-state index in [0.29, 0.717) is 24.0 Å². The summed E-state index contributed by atoms with van der Waals surface area (Å²) in [5, 5.41) is 10.0. The molecule has 2 aromatic rings. The molecule has 1 aromatic heterocycles. The largest absolute Gasteiger partial charge is 0.481 e. The molecule has 0 radical (unpaired) electrons. The van der Waals surface area contributed by atoms with Crippen molar-refractivity contribution in [2.45, 2.75) is 18.3 Å². The molecule has 0 amide bonds.